The molecule has 0 atom stereocenters. The molecule has 0 spiro atoms. The third-order valence-electron chi connectivity index (χ3n) is 5.01. The van der Waals surface area contributed by atoms with Gasteiger partial charge < -0.3 is 5.32 Å². The third-order valence-corrected chi connectivity index (χ3v) is 6.06. The van der Waals surface area contributed by atoms with E-state index in [1.807, 2.05) is 49.5 Å². The number of hydrogen-bond acceptors (Lipinski definition) is 4. The highest BCUT2D eigenvalue weighted by atomic mass is 32.2. The van der Waals surface area contributed by atoms with Crippen molar-refractivity contribution in [2.45, 2.75) is 37.7 Å². The average molecular weight is 431 g/mol. The maximum atomic E-state index is 12.1. The number of benzene rings is 2. The fourth-order valence-electron chi connectivity index (χ4n) is 3.42. The van der Waals surface area contributed by atoms with Gasteiger partial charge in [0.2, 0.25) is 0 Å². The zero-order valence-corrected chi connectivity index (χ0v) is 18.7. The largest absolute Gasteiger partial charge is 0.352 e. The van der Waals surface area contributed by atoms with Gasteiger partial charge in [0, 0.05) is 24.1 Å². The first-order valence-corrected chi connectivity index (χ1v) is 11.5. The van der Waals surface area contributed by atoms with Gasteiger partial charge in [0.1, 0.15) is 5.52 Å². The molecule has 6 heteroatoms. The number of aromatic nitrogens is 3. The summed E-state index contributed by atoms with van der Waals surface area (Å²) in [7, 11) is 0. The van der Waals surface area contributed by atoms with E-state index in [4.69, 9.17) is 4.98 Å². The zero-order chi connectivity index (χ0) is 21.6. The smallest absolute Gasteiger partial charge is 0.251 e. The third kappa shape index (κ3) is 5.14. The average Bonchev–Trinajstić information content (AvgIpc) is 3.14. The quantitative estimate of drug-likeness (QED) is 0.389. The van der Waals surface area contributed by atoms with Gasteiger partial charge in [0.05, 0.1) is 6.54 Å². The Labute approximate surface area is 186 Å². The second kappa shape index (κ2) is 9.79. The van der Waals surface area contributed by atoms with E-state index in [1.54, 1.807) is 11.8 Å². The summed E-state index contributed by atoms with van der Waals surface area (Å²) in [6.07, 6.45) is 2.74. The van der Waals surface area contributed by atoms with Crippen molar-refractivity contribution in [3.8, 4) is 0 Å². The number of nitrogens with one attached hydrogen (secondary N) is 1. The number of aryl methyl sites for hydroxylation is 1. The summed E-state index contributed by atoms with van der Waals surface area (Å²) in [5.74, 6) is 0.751. The monoisotopic (exact) mass is 430 g/mol. The van der Waals surface area contributed by atoms with Crippen LogP contribution < -0.4 is 5.32 Å². The molecule has 1 N–H and O–H groups in total. The van der Waals surface area contributed by atoms with Crippen molar-refractivity contribution < 1.29 is 4.79 Å². The minimum absolute atomic E-state index is 0.0212. The molecule has 2 heterocycles. The summed E-state index contributed by atoms with van der Waals surface area (Å²) in [6, 6.07) is 20.3. The molecule has 0 aliphatic carbocycles. The highest BCUT2D eigenvalue weighted by Gasteiger charge is 2.13. The second-order valence-electron chi connectivity index (χ2n) is 7.56. The fourth-order valence-corrected chi connectivity index (χ4v) is 4.38. The number of imidazole rings is 1. The number of thioether (sulfide) groups is 1. The van der Waals surface area contributed by atoms with Gasteiger partial charge in [-0.25, -0.2) is 9.97 Å². The first-order valence-electron chi connectivity index (χ1n) is 10.5. The van der Waals surface area contributed by atoms with E-state index in [-0.39, 0.29) is 5.91 Å². The molecule has 1 amide bonds. The summed E-state index contributed by atoms with van der Waals surface area (Å²) in [5, 5.41) is 3.86. The van der Waals surface area contributed by atoms with Crippen molar-refractivity contribution in [1.29, 1.82) is 0 Å². The lowest BCUT2D eigenvalue weighted by Gasteiger charge is -2.10. The minimum Gasteiger partial charge on any atom is -0.352 e. The number of fused-ring (bicyclic) bond motifs is 1. The van der Waals surface area contributed by atoms with E-state index >= 15 is 0 Å². The van der Waals surface area contributed by atoms with Crippen LogP contribution in [0.4, 0.5) is 0 Å². The Bertz CT molecular complexity index is 1180. The van der Waals surface area contributed by atoms with Gasteiger partial charge in [-0.15, -0.1) is 0 Å². The number of pyridine rings is 1. The Hall–Kier alpha value is -3.12. The summed E-state index contributed by atoms with van der Waals surface area (Å²) >= 11 is 1.69. The lowest BCUT2D eigenvalue weighted by atomic mass is 10.1. The standard InChI is InChI=1S/C25H26N4OS/c1-3-13-27-24(30)21-11-9-19(10-12-21)17-31-25-28-22-8-5-14-26-23(22)29(25)16-20-7-4-6-18(2)15-20/h4-12,14-15H,3,13,16-17H2,1-2H3,(H,27,30). The molecular weight excluding hydrogens is 404 g/mol. The molecule has 0 saturated carbocycles. The Morgan fingerprint density at radius 3 is 2.68 bits per heavy atom. The van der Waals surface area contributed by atoms with Crippen molar-refractivity contribution in [2.75, 3.05) is 6.54 Å². The molecule has 158 valence electrons. The van der Waals surface area contributed by atoms with Gasteiger partial charge >= 0.3 is 0 Å². The molecule has 5 nitrogen and oxygen atoms in total. The molecule has 4 rings (SSSR count). The normalized spacial score (nSPS) is 11.0. The number of hydrogen-bond donors (Lipinski definition) is 1. The Morgan fingerprint density at radius 2 is 1.90 bits per heavy atom. The van der Waals surface area contributed by atoms with Crippen LogP contribution in [-0.2, 0) is 12.3 Å². The van der Waals surface area contributed by atoms with Gasteiger partial charge in [0.25, 0.3) is 5.91 Å². The molecule has 0 bridgehead atoms. The molecule has 0 aliphatic rings. The van der Waals surface area contributed by atoms with Crippen LogP contribution >= 0.6 is 11.8 Å². The molecule has 2 aromatic heterocycles. The van der Waals surface area contributed by atoms with Gasteiger partial charge in [-0.2, -0.15) is 0 Å². The van der Waals surface area contributed by atoms with Crippen LogP contribution in [0.15, 0.2) is 72.0 Å². The molecule has 2 aromatic carbocycles. The second-order valence-corrected chi connectivity index (χ2v) is 8.50. The van der Waals surface area contributed by atoms with Crippen LogP contribution in [-0.4, -0.2) is 27.0 Å². The number of rotatable bonds is 8. The summed E-state index contributed by atoms with van der Waals surface area (Å²) in [4.78, 5) is 21.5. The number of amides is 1. The van der Waals surface area contributed by atoms with Crippen LogP contribution in [0.1, 0.15) is 40.4 Å². The Balaban J connectivity index is 1.52. The van der Waals surface area contributed by atoms with Gasteiger partial charge in [-0.3, -0.25) is 9.36 Å². The maximum absolute atomic E-state index is 12.1. The molecular formula is C25H26N4OS. The highest BCUT2D eigenvalue weighted by Crippen LogP contribution is 2.27. The van der Waals surface area contributed by atoms with Gasteiger partial charge in [0.15, 0.2) is 10.8 Å². The molecule has 31 heavy (non-hydrogen) atoms. The van der Waals surface area contributed by atoms with E-state index in [2.05, 4.69) is 46.1 Å². The Morgan fingerprint density at radius 1 is 1.06 bits per heavy atom. The van der Waals surface area contributed by atoms with Crippen LogP contribution in [0.5, 0.6) is 0 Å². The summed E-state index contributed by atoms with van der Waals surface area (Å²) in [5.41, 5.74) is 6.12. The SMILES string of the molecule is CCCNC(=O)c1ccc(CSc2nc3cccnc3n2Cc2cccc(C)c2)cc1. The van der Waals surface area contributed by atoms with Crippen LogP contribution in [0.2, 0.25) is 0 Å². The topological polar surface area (TPSA) is 59.8 Å². The molecule has 0 aliphatic heterocycles. The van der Waals surface area contributed by atoms with Crippen molar-refractivity contribution in [1.82, 2.24) is 19.9 Å². The molecule has 0 saturated heterocycles. The number of carbonyl (C=O) groups is 1. The zero-order valence-electron chi connectivity index (χ0n) is 17.8. The fraction of sp³-hybridized carbons (Fsp3) is 0.240. The van der Waals surface area contributed by atoms with Crippen LogP contribution in [0.3, 0.4) is 0 Å². The first-order chi connectivity index (χ1) is 15.1. The maximum Gasteiger partial charge on any atom is 0.251 e. The first kappa shape index (κ1) is 21.1. The predicted octanol–water partition coefficient (Wildman–Crippen LogP) is 5.22. The van der Waals surface area contributed by atoms with E-state index in [1.165, 1.54) is 11.1 Å². The van der Waals surface area contributed by atoms with Crippen molar-refractivity contribution in [2.24, 2.45) is 0 Å². The van der Waals surface area contributed by atoms with E-state index in [0.717, 1.165) is 40.6 Å². The van der Waals surface area contributed by atoms with Crippen molar-refractivity contribution >= 4 is 28.8 Å². The highest BCUT2D eigenvalue weighted by molar-refractivity contribution is 7.98. The van der Waals surface area contributed by atoms with Gasteiger partial charge in [-0.1, -0.05) is 60.6 Å². The lowest BCUT2D eigenvalue weighted by Crippen LogP contribution is -2.23. The van der Waals surface area contributed by atoms with E-state index in [0.29, 0.717) is 12.1 Å². The number of nitrogens with zero attached hydrogens (tertiary/aromatic N) is 3. The predicted molar refractivity (Wildman–Crippen MR) is 126 cm³/mol. The minimum atomic E-state index is -0.0212. The van der Waals surface area contributed by atoms with Crippen LogP contribution in [0.25, 0.3) is 11.2 Å². The summed E-state index contributed by atoms with van der Waals surface area (Å²) < 4.78 is 2.18. The Kier molecular flexibility index (Phi) is 6.67. The molecule has 4 aromatic rings. The van der Waals surface area contributed by atoms with Gasteiger partial charge in [-0.05, 0) is 48.7 Å². The van der Waals surface area contributed by atoms with Crippen molar-refractivity contribution in [3.63, 3.8) is 0 Å². The summed E-state index contributed by atoms with van der Waals surface area (Å²) in [6.45, 7) is 5.58. The van der Waals surface area contributed by atoms with E-state index in [9.17, 15) is 4.79 Å². The molecule has 0 radical (unpaired) electrons. The van der Waals surface area contributed by atoms with Crippen molar-refractivity contribution in [3.05, 3.63) is 89.1 Å². The lowest BCUT2D eigenvalue weighted by molar-refractivity contribution is 0.0953. The number of carbonyl (C=O) groups excluding carboxylic acids is 1. The van der Waals surface area contributed by atoms with Crippen LogP contribution in [0, 0.1) is 6.92 Å². The molecule has 0 unspecified atom stereocenters. The molecule has 0 fully saturated rings. The van der Waals surface area contributed by atoms with E-state index < -0.39 is 0 Å².